The average molecular weight is 340 g/mol. The van der Waals surface area contributed by atoms with Crippen molar-refractivity contribution in [2.75, 3.05) is 13.1 Å². The zero-order valence-electron chi connectivity index (χ0n) is 13.5. The fraction of sp³-hybridized carbons (Fsp3) is 0.500. The number of aromatic amines is 1. The molecule has 1 N–H and O–H groups in total. The lowest BCUT2D eigenvalue weighted by Crippen LogP contribution is -2.39. The van der Waals surface area contributed by atoms with Crippen molar-refractivity contribution in [2.45, 2.75) is 31.9 Å². The van der Waals surface area contributed by atoms with Crippen LogP contribution >= 0.6 is 0 Å². The third kappa shape index (κ3) is 3.05. The van der Waals surface area contributed by atoms with Crippen LogP contribution in [0.1, 0.15) is 46.3 Å². The van der Waals surface area contributed by atoms with Crippen molar-refractivity contribution in [3.63, 3.8) is 0 Å². The number of halogens is 3. The van der Waals surface area contributed by atoms with Gasteiger partial charge in [-0.25, -0.2) is 4.98 Å². The molecule has 0 aliphatic carbocycles. The lowest BCUT2D eigenvalue weighted by Gasteiger charge is -2.32. The van der Waals surface area contributed by atoms with E-state index in [0.717, 1.165) is 24.7 Å². The number of amides is 1. The summed E-state index contributed by atoms with van der Waals surface area (Å²) in [6, 6.07) is 1.73. The van der Waals surface area contributed by atoms with Crippen LogP contribution in [0.15, 0.2) is 18.5 Å². The predicted octanol–water partition coefficient (Wildman–Crippen LogP) is 3.10. The summed E-state index contributed by atoms with van der Waals surface area (Å²) in [4.78, 5) is 21.1. The van der Waals surface area contributed by atoms with Crippen LogP contribution in [-0.2, 0) is 13.2 Å². The number of alkyl halides is 3. The summed E-state index contributed by atoms with van der Waals surface area (Å²) in [5.41, 5.74) is 0.509. The van der Waals surface area contributed by atoms with Crippen LogP contribution in [0, 0.1) is 6.92 Å². The maximum absolute atomic E-state index is 12.8. The van der Waals surface area contributed by atoms with E-state index in [2.05, 4.69) is 9.97 Å². The first-order valence-electron chi connectivity index (χ1n) is 7.81. The summed E-state index contributed by atoms with van der Waals surface area (Å²) in [7, 11) is 1.56. The molecule has 1 aliphatic heterocycles. The second-order valence-corrected chi connectivity index (χ2v) is 6.20. The number of likely N-dealkylation sites (tertiary alicyclic amines) is 1. The highest BCUT2D eigenvalue weighted by Gasteiger charge is 2.36. The summed E-state index contributed by atoms with van der Waals surface area (Å²) in [6.45, 7) is 2.81. The number of hydrogen-bond acceptors (Lipinski definition) is 2. The lowest BCUT2D eigenvalue weighted by atomic mass is 9.96. The molecule has 1 amide bonds. The van der Waals surface area contributed by atoms with Crippen LogP contribution in [-0.4, -0.2) is 38.4 Å². The number of piperidine rings is 1. The van der Waals surface area contributed by atoms with Gasteiger partial charge in [-0.1, -0.05) is 0 Å². The Kier molecular flexibility index (Phi) is 4.15. The summed E-state index contributed by atoms with van der Waals surface area (Å²) in [5.74, 6) is 0.0948. The molecule has 2 aromatic rings. The summed E-state index contributed by atoms with van der Waals surface area (Å²) in [5, 5.41) is 0. The van der Waals surface area contributed by atoms with Crippen LogP contribution in [0.25, 0.3) is 0 Å². The van der Waals surface area contributed by atoms with Gasteiger partial charge in [-0.15, -0.1) is 0 Å². The Morgan fingerprint density at radius 2 is 2.17 bits per heavy atom. The van der Waals surface area contributed by atoms with Gasteiger partial charge in [0.1, 0.15) is 5.82 Å². The number of rotatable bonds is 2. The van der Waals surface area contributed by atoms with Gasteiger partial charge in [-0.2, -0.15) is 13.2 Å². The van der Waals surface area contributed by atoms with E-state index < -0.39 is 11.9 Å². The molecule has 0 bridgehead atoms. The van der Waals surface area contributed by atoms with E-state index in [9.17, 15) is 18.0 Å². The second kappa shape index (κ2) is 5.99. The Morgan fingerprint density at radius 1 is 1.42 bits per heavy atom. The molecule has 1 atom stereocenters. The first-order valence-corrected chi connectivity index (χ1v) is 7.81. The number of nitrogens with zero attached hydrogens (tertiary/aromatic N) is 3. The number of aromatic nitrogens is 3. The molecule has 0 spiro atoms. The first kappa shape index (κ1) is 16.6. The van der Waals surface area contributed by atoms with Gasteiger partial charge < -0.3 is 14.5 Å². The summed E-state index contributed by atoms with van der Waals surface area (Å²) in [6.07, 6.45) is -0.278. The Balaban J connectivity index is 1.80. The van der Waals surface area contributed by atoms with Crippen molar-refractivity contribution in [3.05, 3.63) is 41.2 Å². The van der Waals surface area contributed by atoms with Gasteiger partial charge in [0.15, 0.2) is 5.69 Å². The Bertz CT molecular complexity index is 747. The van der Waals surface area contributed by atoms with E-state index >= 15 is 0 Å². The van der Waals surface area contributed by atoms with Crippen LogP contribution in [0.5, 0.6) is 0 Å². The molecule has 1 aliphatic rings. The normalized spacial score (nSPS) is 18.9. The Labute approximate surface area is 137 Å². The zero-order chi connectivity index (χ0) is 17.5. The second-order valence-electron chi connectivity index (χ2n) is 6.20. The minimum atomic E-state index is -4.46. The molecule has 1 fully saturated rings. The van der Waals surface area contributed by atoms with Crippen molar-refractivity contribution >= 4 is 5.91 Å². The Hall–Kier alpha value is -2.25. The number of carbonyl (C=O) groups is 1. The van der Waals surface area contributed by atoms with Crippen LogP contribution in [0.2, 0.25) is 0 Å². The van der Waals surface area contributed by atoms with Crippen molar-refractivity contribution in [1.29, 1.82) is 0 Å². The molecular weight excluding hydrogens is 321 g/mol. The average Bonchev–Trinajstić information content (AvgIpc) is 3.12. The van der Waals surface area contributed by atoms with Crippen molar-refractivity contribution in [1.82, 2.24) is 19.4 Å². The molecular formula is C16H19F3N4O. The van der Waals surface area contributed by atoms with Crippen molar-refractivity contribution in [3.8, 4) is 0 Å². The van der Waals surface area contributed by atoms with Crippen LogP contribution in [0.4, 0.5) is 13.2 Å². The molecule has 0 saturated carbocycles. The molecule has 8 heteroatoms. The van der Waals surface area contributed by atoms with E-state index in [1.807, 2.05) is 6.92 Å². The third-order valence-corrected chi connectivity index (χ3v) is 4.46. The van der Waals surface area contributed by atoms with Crippen molar-refractivity contribution < 1.29 is 18.0 Å². The maximum atomic E-state index is 12.8. The molecule has 3 heterocycles. The SMILES string of the molecule is Cc1[nH]ccc1C(=O)N1CCC[C@@H](c2nc(C(F)(F)F)cn2C)C1. The highest BCUT2D eigenvalue weighted by Crippen LogP contribution is 2.32. The zero-order valence-corrected chi connectivity index (χ0v) is 13.5. The summed E-state index contributed by atoms with van der Waals surface area (Å²) < 4.78 is 39.9. The highest BCUT2D eigenvalue weighted by atomic mass is 19.4. The molecule has 130 valence electrons. The van der Waals surface area contributed by atoms with Crippen molar-refractivity contribution in [2.24, 2.45) is 7.05 Å². The lowest BCUT2D eigenvalue weighted by molar-refractivity contribution is -0.141. The first-order chi connectivity index (χ1) is 11.3. The number of nitrogens with one attached hydrogen (secondary N) is 1. The van der Waals surface area contributed by atoms with Gasteiger partial charge in [-0.3, -0.25) is 4.79 Å². The molecule has 5 nitrogen and oxygen atoms in total. The quantitative estimate of drug-likeness (QED) is 0.913. The maximum Gasteiger partial charge on any atom is 0.434 e. The minimum absolute atomic E-state index is 0.0938. The number of aryl methyl sites for hydroxylation is 2. The molecule has 1 saturated heterocycles. The largest absolute Gasteiger partial charge is 0.434 e. The Morgan fingerprint density at radius 3 is 2.75 bits per heavy atom. The molecule has 0 unspecified atom stereocenters. The van der Waals surface area contributed by atoms with Crippen LogP contribution in [0.3, 0.4) is 0 Å². The highest BCUT2D eigenvalue weighted by molar-refractivity contribution is 5.95. The number of imidazole rings is 1. The van der Waals surface area contributed by atoms with Crippen LogP contribution < -0.4 is 0 Å². The number of carbonyl (C=O) groups excluding carboxylic acids is 1. The van der Waals surface area contributed by atoms with E-state index in [0.29, 0.717) is 24.5 Å². The standard InChI is InChI=1S/C16H19F3N4O/c1-10-12(5-6-20-10)15(24)23-7-3-4-11(8-23)14-21-13(9-22(14)2)16(17,18)19/h5-6,9,11,20H,3-4,7-8H2,1-2H3/t11-/m1/s1. The smallest absolute Gasteiger partial charge is 0.365 e. The fourth-order valence-corrected chi connectivity index (χ4v) is 3.22. The van der Waals surface area contributed by atoms with E-state index in [-0.39, 0.29) is 11.8 Å². The molecule has 0 radical (unpaired) electrons. The van der Waals surface area contributed by atoms with Gasteiger partial charge in [0.05, 0.1) is 5.56 Å². The number of hydrogen-bond donors (Lipinski definition) is 1. The van der Waals surface area contributed by atoms with Gasteiger partial charge in [0.25, 0.3) is 5.91 Å². The van der Waals surface area contributed by atoms with Gasteiger partial charge in [0, 0.05) is 44.1 Å². The molecule has 24 heavy (non-hydrogen) atoms. The van der Waals surface area contributed by atoms with E-state index in [1.54, 1.807) is 24.2 Å². The van der Waals surface area contributed by atoms with Gasteiger partial charge >= 0.3 is 6.18 Å². The summed E-state index contributed by atoms with van der Waals surface area (Å²) >= 11 is 0. The topological polar surface area (TPSA) is 53.9 Å². The molecule has 0 aromatic carbocycles. The van der Waals surface area contributed by atoms with E-state index in [1.165, 1.54) is 4.57 Å². The number of H-pyrrole nitrogens is 1. The molecule has 3 rings (SSSR count). The predicted molar refractivity (Wildman–Crippen MR) is 81.6 cm³/mol. The minimum Gasteiger partial charge on any atom is -0.365 e. The monoisotopic (exact) mass is 340 g/mol. The van der Waals surface area contributed by atoms with Gasteiger partial charge in [0.2, 0.25) is 0 Å². The molecule has 2 aromatic heterocycles. The van der Waals surface area contributed by atoms with E-state index in [4.69, 9.17) is 0 Å². The third-order valence-electron chi connectivity index (χ3n) is 4.46. The van der Waals surface area contributed by atoms with Gasteiger partial charge in [-0.05, 0) is 25.8 Å². The fourth-order valence-electron chi connectivity index (χ4n) is 3.22.